The number of carbonyl (C=O) groups excluding carboxylic acids is 3. The maximum atomic E-state index is 13.2. The summed E-state index contributed by atoms with van der Waals surface area (Å²) in [4.78, 5) is 62.5. The predicted molar refractivity (Wildman–Crippen MR) is 173 cm³/mol. The first-order valence-corrected chi connectivity index (χ1v) is 15.2. The number of hydrogen-bond donors (Lipinski definition) is 2. The van der Waals surface area contributed by atoms with Crippen molar-refractivity contribution in [2.24, 2.45) is 11.8 Å². The lowest BCUT2D eigenvalue weighted by atomic mass is 10.1. The van der Waals surface area contributed by atoms with E-state index in [0.717, 1.165) is 5.56 Å². The number of imidazole rings is 1. The molecule has 3 heterocycles. The second-order valence-electron chi connectivity index (χ2n) is 11.8. The summed E-state index contributed by atoms with van der Waals surface area (Å²) in [5.41, 5.74) is 7.19. The third kappa shape index (κ3) is 7.41. The third-order valence-corrected chi connectivity index (χ3v) is 7.59. The van der Waals surface area contributed by atoms with E-state index in [4.69, 9.17) is 24.7 Å². The van der Waals surface area contributed by atoms with Crippen LogP contribution in [0.4, 0.5) is 5.95 Å². The molecule has 47 heavy (non-hydrogen) atoms. The van der Waals surface area contributed by atoms with Gasteiger partial charge in [0.15, 0.2) is 16.9 Å². The van der Waals surface area contributed by atoms with Crippen molar-refractivity contribution in [2.75, 3.05) is 19.5 Å². The molecule has 0 aliphatic carbocycles. The molecule has 1 aliphatic heterocycles. The van der Waals surface area contributed by atoms with E-state index < -0.39 is 41.9 Å². The SMILES string of the molecule is COc1ccc(/C=C\C(=O)c2cccc(-c3nc4c(=O)[nH]c(N)nc4n3[C@H]3C[C@H](OC(=O)C(C)C)[C@@H](COC(=O)C(C)C)O3)c2)cc1. The lowest BCUT2D eigenvalue weighted by Crippen LogP contribution is -2.33. The standard InChI is InChI=1S/C34H37N5O8/c1-18(2)32(42)45-17-26-25(47-33(43)19(3)4)16-27(46-26)39-29(36-28-30(39)37-34(35)38-31(28)41)22-8-6-7-21(15-22)24(40)14-11-20-9-12-23(44-5)13-10-20/h6-15,18-19,25-27H,16-17H2,1-5H3,(H3,35,37,38,41)/b14-11-/t25-,26+,27+/m0/s1. The number of nitrogens with one attached hydrogen (secondary N) is 1. The number of nitrogens with two attached hydrogens (primary N) is 1. The topological polar surface area (TPSA) is 178 Å². The highest BCUT2D eigenvalue weighted by atomic mass is 16.6. The number of benzene rings is 2. The molecule has 13 heteroatoms. The molecule has 4 aromatic rings. The zero-order chi connectivity index (χ0) is 33.8. The first-order chi connectivity index (χ1) is 22.4. The van der Waals surface area contributed by atoms with Crippen LogP contribution in [-0.2, 0) is 23.8 Å². The number of anilines is 1. The molecule has 0 amide bonds. The van der Waals surface area contributed by atoms with Crippen molar-refractivity contribution in [1.29, 1.82) is 0 Å². The molecule has 5 rings (SSSR count). The number of ketones is 1. The molecule has 0 radical (unpaired) electrons. The maximum Gasteiger partial charge on any atom is 0.308 e. The third-order valence-electron chi connectivity index (χ3n) is 7.59. The van der Waals surface area contributed by atoms with Crippen molar-refractivity contribution in [3.63, 3.8) is 0 Å². The Bertz CT molecular complexity index is 1880. The Morgan fingerprint density at radius 1 is 1.06 bits per heavy atom. The van der Waals surface area contributed by atoms with Gasteiger partial charge in [0.05, 0.1) is 18.9 Å². The molecule has 1 aliphatic rings. The quantitative estimate of drug-likeness (QED) is 0.135. The Morgan fingerprint density at radius 3 is 2.47 bits per heavy atom. The van der Waals surface area contributed by atoms with Crippen LogP contribution in [0.5, 0.6) is 5.75 Å². The minimum atomic E-state index is -0.856. The number of hydrogen-bond acceptors (Lipinski definition) is 11. The van der Waals surface area contributed by atoms with E-state index in [1.54, 1.807) is 81.8 Å². The Labute approximate surface area is 270 Å². The van der Waals surface area contributed by atoms with Crippen molar-refractivity contribution in [1.82, 2.24) is 19.5 Å². The Hall–Kier alpha value is -5.30. The number of methoxy groups -OCH3 is 1. The molecular weight excluding hydrogens is 606 g/mol. The van der Waals surface area contributed by atoms with Gasteiger partial charge in [-0.3, -0.25) is 28.7 Å². The molecule has 0 bridgehead atoms. The van der Waals surface area contributed by atoms with Crippen LogP contribution in [0.2, 0.25) is 0 Å². The molecule has 1 fully saturated rings. The average Bonchev–Trinajstić information content (AvgIpc) is 3.63. The first kappa shape index (κ1) is 33.1. The second-order valence-corrected chi connectivity index (χ2v) is 11.8. The number of rotatable bonds is 11. The first-order valence-electron chi connectivity index (χ1n) is 15.2. The molecule has 0 unspecified atom stereocenters. The van der Waals surface area contributed by atoms with Crippen LogP contribution in [0.25, 0.3) is 28.6 Å². The van der Waals surface area contributed by atoms with Crippen LogP contribution in [0, 0.1) is 11.8 Å². The van der Waals surface area contributed by atoms with E-state index in [9.17, 15) is 19.2 Å². The summed E-state index contributed by atoms with van der Waals surface area (Å²) in [5.74, 6) is -1.05. The largest absolute Gasteiger partial charge is 0.497 e. The van der Waals surface area contributed by atoms with E-state index in [2.05, 4.69) is 15.0 Å². The van der Waals surface area contributed by atoms with Crippen molar-refractivity contribution >= 4 is 40.9 Å². The minimum absolute atomic E-state index is 0.000609. The monoisotopic (exact) mass is 643 g/mol. The van der Waals surface area contributed by atoms with Gasteiger partial charge < -0.3 is 24.7 Å². The number of fused-ring (bicyclic) bond motifs is 1. The molecule has 3 atom stereocenters. The number of H-pyrrole nitrogens is 1. The molecule has 13 nitrogen and oxygen atoms in total. The molecule has 0 saturated carbocycles. The number of aromatic nitrogens is 4. The van der Waals surface area contributed by atoms with Crippen LogP contribution >= 0.6 is 0 Å². The van der Waals surface area contributed by atoms with Gasteiger partial charge in [-0.25, -0.2) is 4.98 Å². The fourth-order valence-electron chi connectivity index (χ4n) is 5.02. The lowest BCUT2D eigenvalue weighted by Gasteiger charge is -2.20. The van der Waals surface area contributed by atoms with Crippen molar-refractivity contribution in [2.45, 2.75) is 52.6 Å². The highest BCUT2D eigenvalue weighted by molar-refractivity contribution is 6.07. The smallest absolute Gasteiger partial charge is 0.308 e. The summed E-state index contributed by atoms with van der Waals surface area (Å²) >= 11 is 0. The van der Waals surface area contributed by atoms with Crippen LogP contribution in [-0.4, -0.2) is 63.2 Å². The van der Waals surface area contributed by atoms with Crippen LogP contribution in [0.1, 0.15) is 56.3 Å². The van der Waals surface area contributed by atoms with Gasteiger partial charge in [-0.15, -0.1) is 0 Å². The fourth-order valence-corrected chi connectivity index (χ4v) is 5.02. The van der Waals surface area contributed by atoms with Crippen molar-refractivity contribution in [3.05, 3.63) is 76.1 Å². The maximum absolute atomic E-state index is 13.2. The molecule has 1 saturated heterocycles. The second kappa shape index (κ2) is 14.0. The molecular formula is C34H37N5O8. The highest BCUT2D eigenvalue weighted by Crippen LogP contribution is 2.37. The Balaban J connectivity index is 1.52. The normalized spacial score (nSPS) is 17.9. The van der Waals surface area contributed by atoms with Gasteiger partial charge in [0, 0.05) is 17.5 Å². The van der Waals surface area contributed by atoms with E-state index in [0.29, 0.717) is 16.9 Å². The van der Waals surface area contributed by atoms with Gasteiger partial charge in [0.2, 0.25) is 5.95 Å². The van der Waals surface area contributed by atoms with Crippen LogP contribution in [0.3, 0.4) is 0 Å². The summed E-state index contributed by atoms with van der Waals surface area (Å²) in [5, 5.41) is 0. The minimum Gasteiger partial charge on any atom is -0.497 e. The number of ether oxygens (including phenoxy) is 4. The van der Waals surface area contributed by atoms with Gasteiger partial charge in [0.1, 0.15) is 36.6 Å². The van der Waals surface area contributed by atoms with Gasteiger partial charge in [-0.2, -0.15) is 4.98 Å². The number of carbonyl (C=O) groups is 3. The molecule has 2 aromatic heterocycles. The lowest BCUT2D eigenvalue weighted by molar-refractivity contribution is -0.162. The van der Waals surface area contributed by atoms with Crippen molar-refractivity contribution in [3.8, 4) is 17.1 Å². The zero-order valence-corrected chi connectivity index (χ0v) is 26.8. The van der Waals surface area contributed by atoms with Gasteiger partial charge >= 0.3 is 11.9 Å². The van der Waals surface area contributed by atoms with E-state index in [1.807, 2.05) is 12.1 Å². The molecule has 2 aromatic carbocycles. The van der Waals surface area contributed by atoms with Gasteiger partial charge in [-0.05, 0) is 29.8 Å². The highest BCUT2D eigenvalue weighted by Gasteiger charge is 2.42. The summed E-state index contributed by atoms with van der Waals surface area (Å²) in [6.45, 7) is 6.69. The van der Waals surface area contributed by atoms with E-state index in [-0.39, 0.29) is 47.7 Å². The zero-order valence-electron chi connectivity index (χ0n) is 26.8. The van der Waals surface area contributed by atoms with Gasteiger partial charge in [-0.1, -0.05) is 64.1 Å². The number of allylic oxidation sites excluding steroid dienone is 1. The number of esters is 2. The average molecular weight is 644 g/mol. The molecule has 246 valence electrons. The predicted octanol–water partition coefficient (Wildman–Crippen LogP) is 4.33. The van der Waals surface area contributed by atoms with Crippen molar-refractivity contribution < 1.29 is 33.3 Å². The summed E-state index contributed by atoms with van der Waals surface area (Å²) in [7, 11) is 1.58. The summed E-state index contributed by atoms with van der Waals surface area (Å²) < 4.78 is 24.4. The van der Waals surface area contributed by atoms with Crippen LogP contribution < -0.4 is 16.0 Å². The number of nitrogen functional groups attached to an aromatic ring is 1. The number of aromatic amines is 1. The number of nitrogens with zero attached hydrogens (tertiary/aromatic N) is 3. The molecule has 3 N–H and O–H groups in total. The summed E-state index contributed by atoms with van der Waals surface area (Å²) in [6.07, 6.45) is 0.853. The Morgan fingerprint density at radius 2 is 1.79 bits per heavy atom. The Kier molecular flexibility index (Phi) is 9.85. The van der Waals surface area contributed by atoms with E-state index >= 15 is 0 Å². The van der Waals surface area contributed by atoms with E-state index in [1.165, 1.54) is 6.08 Å². The van der Waals surface area contributed by atoms with Gasteiger partial charge in [0.25, 0.3) is 5.56 Å². The summed E-state index contributed by atoms with van der Waals surface area (Å²) in [6, 6.07) is 14.1. The van der Waals surface area contributed by atoms with Crippen LogP contribution in [0.15, 0.2) is 59.4 Å². The molecule has 0 spiro atoms. The fraction of sp³-hybridized carbons (Fsp3) is 0.353.